The molecule has 0 aromatic heterocycles. The first-order valence-corrected chi connectivity index (χ1v) is 10.5. The van der Waals surface area contributed by atoms with E-state index in [1.54, 1.807) is 0 Å². The van der Waals surface area contributed by atoms with E-state index in [9.17, 15) is 18.0 Å². The molecule has 1 N–H and O–H groups in total. The second-order valence-electron chi connectivity index (χ2n) is 8.53. The molecular formula is C23H26F3NO3. The summed E-state index contributed by atoms with van der Waals surface area (Å²) in [5.41, 5.74) is 1.11. The van der Waals surface area contributed by atoms with Crippen LogP contribution in [0.5, 0.6) is 5.75 Å². The van der Waals surface area contributed by atoms with Gasteiger partial charge in [-0.25, -0.2) is 0 Å². The van der Waals surface area contributed by atoms with Crippen LogP contribution in [0.1, 0.15) is 44.2 Å². The first kappa shape index (κ1) is 21.0. The average Bonchev–Trinajstić information content (AvgIpc) is 2.66. The zero-order chi connectivity index (χ0) is 21.5. The highest BCUT2D eigenvalue weighted by Crippen LogP contribution is 2.39. The zero-order valence-corrected chi connectivity index (χ0v) is 16.9. The molecule has 2 fully saturated rings. The molecule has 162 valence electrons. The molecule has 4 nitrogen and oxygen atoms in total. The van der Waals surface area contributed by atoms with Gasteiger partial charge in [0.05, 0.1) is 17.9 Å². The summed E-state index contributed by atoms with van der Waals surface area (Å²) in [5.74, 6) is -1.54. The van der Waals surface area contributed by atoms with Crippen LogP contribution in [0, 0.1) is 11.8 Å². The molecule has 4 rings (SSSR count). The number of hydrogen-bond acceptors (Lipinski definition) is 3. The van der Waals surface area contributed by atoms with Gasteiger partial charge in [0.2, 0.25) is 0 Å². The third kappa shape index (κ3) is 4.26. The number of ether oxygens (including phenoxy) is 1. The minimum absolute atomic E-state index is 0.118. The summed E-state index contributed by atoms with van der Waals surface area (Å²) in [6.45, 7) is 3.18. The first-order chi connectivity index (χ1) is 14.2. The fraction of sp³-hybridized carbons (Fsp3) is 0.522. The van der Waals surface area contributed by atoms with Gasteiger partial charge in [0.15, 0.2) is 0 Å². The van der Waals surface area contributed by atoms with Gasteiger partial charge >= 0.3 is 12.1 Å². The fourth-order valence-corrected chi connectivity index (χ4v) is 4.52. The van der Waals surface area contributed by atoms with E-state index in [2.05, 4.69) is 17.9 Å². The molecule has 0 bridgehead atoms. The minimum atomic E-state index is -4.11. The molecule has 2 aromatic rings. The molecule has 1 heterocycles. The van der Waals surface area contributed by atoms with Crippen molar-refractivity contribution >= 4 is 16.7 Å². The molecule has 1 saturated heterocycles. The molecular weight excluding hydrogens is 395 g/mol. The van der Waals surface area contributed by atoms with E-state index in [-0.39, 0.29) is 30.9 Å². The molecule has 1 atom stereocenters. The third-order valence-corrected chi connectivity index (χ3v) is 6.58. The van der Waals surface area contributed by atoms with Gasteiger partial charge in [0, 0.05) is 24.5 Å². The topological polar surface area (TPSA) is 49.8 Å². The van der Waals surface area contributed by atoms with Crippen LogP contribution in [-0.2, 0) is 4.79 Å². The minimum Gasteiger partial charge on any atom is -0.490 e. The number of carboxylic acids is 1. The van der Waals surface area contributed by atoms with Gasteiger partial charge in [-0.05, 0) is 55.7 Å². The lowest BCUT2D eigenvalue weighted by atomic mass is 9.87. The van der Waals surface area contributed by atoms with Crippen LogP contribution in [0.3, 0.4) is 0 Å². The van der Waals surface area contributed by atoms with E-state index < -0.39 is 18.1 Å². The summed E-state index contributed by atoms with van der Waals surface area (Å²) in [7, 11) is 0. The molecule has 1 aliphatic carbocycles. The zero-order valence-electron chi connectivity index (χ0n) is 16.9. The lowest BCUT2D eigenvalue weighted by Gasteiger charge is -2.41. The van der Waals surface area contributed by atoms with Gasteiger partial charge in [0.25, 0.3) is 0 Å². The predicted molar refractivity (Wildman–Crippen MR) is 107 cm³/mol. The van der Waals surface area contributed by atoms with E-state index in [1.807, 2.05) is 30.3 Å². The normalized spacial score (nSPS) is 24.4. The van der Waals surface area contributed by atoms with Crippen LogP contribution in [0.4, 0.5) is 13.2 Å². The number of likely N-dealkylation sites (tertiary alicyclic amines) is 1. The highest BCUT2D eigenvalue weighted by atomic mass is 19.4. The second kappa shape index (κ2) is 8.10. The molecule has 0 spiro atoms. The van der Waals surface area contributed by atoms with Crippen molar-refractivity contribution < 1.29 is 27.8 Å². The maximum Gasteiger partial charge on any atom is 0.391 e. The smallest absolute Gasteiger partial charge is 0.391 e. The Morgan fingerprint density at radius 1 is 1.13 bits per heavy atom. The van der Waals surface area contributed by atoms with E-state index in [0.29, 0.717) is 31.7 Å². The van der Waals surface area contributed by atoms with Crippen molar-refractivity contribution in [3.8, 4) is 5.75 Å². The lowest BCUT2D eigenvalue weighted by Crippen LogP contribution is -2.51. The summed E-state index contributed by atoms with van der Waals surface area (Å²) in [6, 6.07) is 12.0. The number of nitrogens with zero attached hydrogens (tertiary/aromatic N) is 1. The number of halogens is 3. The van der Waals surface area contributed by atoms with Gasteiger partial charge in [-0.1, -0.05) is 24.3 Å². The highest BCUT2D eigenvalue weighted by Gasteiger charge is 2.42. The van der Waals surface area contributed by atoms with Gasteiger partial charge in [-0.3, -0.25) is 9.69 Å². The van der Waals surface area contributed by atoms with Crippen LogP contribution in [0.25, 0.3) is 10.8 Å². The van der Waals surface area contributed by atoms with Crippen molar-refractivity contribution in [1.29, 1.82) is 0 Å². The second-order valence-corrected chi connectivity index (χ2v) is 8.53. The monoisotopic (exact) mass is 421 g/mol. The molecule has 2 aromatic carbocycles. The Bertz CT molecular complexity index is 916. The molecule has 7 heteroatoms. The standard InChI is InChI=1S/C23H26F3NO3/c1-14(27-12-17(13-27)22(28)29)15-5-10-20-16(11-15)3-2-4-21(20)30-19-8-6-18(7-9-19)23(24,25)26/h2-5,10-11,14,17-19H,6-9,12-13H2,1H3,(H,28,29). The van der Waals surface area contributed by atoms with Crippen molar-refractivity contribution in [3.63, 3.8) is 0 Å². The first-order valence-electron chi connectivity index (χ1n) is 10.5. The van der Waals surface area contributed by atoms with Crippen molar-refractivity contribution in [1.82, 2.24) is 4.90 Å². The molecule has 30 heavy (non-hydrogen) atoms. The Labute approximate surface area is 173 Å². The average molecular weight is 421 g/mol. The SMILES string of the molecule is CC(c1ccc2c(OC3CCC(C(F)(F)F)CC3)cccc2c1)N1CC(C(=O)O)C1. The number of hydrogen-bond donors (Lipinski definition) is 1. The third-order valence-electron chi connectivity index (χ3n) is 6.58. The van der Waals surface area contributed by atoms with Crippen LogP contribution in [0.15, 0.2) is 36.4 Å². The van der Waals surface area contributed by atoms with Crippen molar-refractivity contribution in [2.24, 2.45) is 11.8 Å². The van der Waals surface area contributed by atoms with E-state index in [4.69, 9.17) is 9.84 Å². The summed E-state index contributed by atoms with van der Waals surface area (Å²) in [6.07, 6.45) is -3.24. The van der Waals surface area contributed by atoms with Crippen molar-refractivity contribution in [3.05, 3.63) is 42.0 Å². The number of carboxylic acid groups (broad SMARTS) is 1. The maximum atomic E-state index is 12.9. The van der Waals surface area contributed by atoms with Crippen LogP contribution >= 0.6 is 0 Å². The summed E-state index contributed by atoms with van der Waals surface area (Å²) in [4.78, 5) is 13.2. The molecule has 0 amide bonds. The number of aliphatic carboxylic acids is 1. The Morgan fingerprint density at radius 3 is 2.47 bits per heavy atom. The number of alkyl halides is 3. The Hall–Kier alpha value is -2.28. The van der Waals surface area contributed by atoms with E-state index >= 15 is 0 Å². The number of fused-ring (bicyclic) bond motifs is 1. The summed E-state index contributed by atoms with van der Waals surface area (Å²) in [5, 5.41) is 11.0. The van der Waals surface area contributed by atoms with Crippen LogP contribution in [0.2, 0.25) is 0 Å². The van der Waals surface area contributed by atoms with E-state index in [0.717, 1.165) is 16.3 Å². The lowest BCUT2D eigenvalue weighted by molar-refractivity contribution is -0.185. The number of rotatable bonds is 5. The largest absolute Gasteiger partial charge is 0.490 e. The van der Waals surface area contributed by atoms with Gasteiger partial charge in [0.1, 0.15) is 5.75 Å². The summed E-state index contributed by atoms with van der Waals surface area (Å²) < 4.78 is 44.7. The van der Waals surface area contributed by atoms with Crippen LogP contribution < -0.4 is 4.74 Å². The van der Waals surface area contributed by atoms with Gasteiger partial charge < -0.3 is 9.84 Å². The predicted octanol–water partition coefficient (Wildman–Crippen LogP) is 5.42. The number of carbonyl (C=O) groups is 1. The number of benzene rings is 2. The van der Waals surface area contributed by atoms with Crippen molar-refractivity contribution in [2.75, 3.05) is 13.1 Å². The fourth-order valence-electron chi connectivity index (χ4n) is 4.52. The quantitative estimate of drug-likeness (QED) is 0.701. The molecule has 2 aliphatic rings. The highest BCUT2D eigenvalue weighted by molar-refractivity contribution is 5.89. The molecule has 1 saturated carbocycles. The Balaban J connectivity index is 1.44. The maximum absolute atomic E-state index is 12.9. The van der Waals surface area contributed by atoms with Gasteiger partial charge in [-0.2, -0.15) is 13.2 Å². The molecule has 0 radical (unpaired) electrons. The van der Waals surface area contributed by atoms with Crippen molar-refractivity contribution in [2.45, 2.75) is 50.9 Å². The Kier molecular flexibility index (Phi) is 5.66. The molecule has 1 aliphatic heterocycles. The molecule has 1 unspecified atom stereocenters. The Morgan fingerprint density at radius 2 is 1.83 bits per heavy atom. The van der Waals surface area contributed by atoms with Gasteiger partial charge in [-0.15, -0.1) is 0 Å². The summed E-state index contributed by atoms with van der Waals surface area (Å²) >= 11 is 0. The van der Waals surface area contributed by atoms with Crippen LogP contribution in [-0.4, -0.2) is 41.3 Å². The van der Waals surface area contributed by atoms with E-state index in [1.165, 1.54) is 0 Å².